The molecule has 1 aromatic heterocycles. The highest BCUT2D eigenvalue weighted by molar-refractivity contribution is 7.25. The summed E-state index contributed by atoms with van der Waals surface area (Å²) in [5.74, 6) is 0. The number of fused-ring (bicyclic) bond motifs is 6. The molecular formula is C24H10O4S. The van der Waals surface area contributed by atoms with Crippen LogP contribution in [0.2, 0.25) is 0 Å². The predicted octanol–water partition coefficient (Wildman–Crippen LogP) is 3.83. The van der Waals surface area contributed by atoms with E-state index in [2.05, 4.69) is 0 Å². The van der Waals surface area contributed by atoms with Gasteiger partial charge < -0.3 is 0 Å². The van der Waals surface area contributed by atoms with Gasteiger partial charge in [-0.2, -0.15) is 0 Å². The van der Waals surface area contributed by atoms with E-state index in [0.717, 1.165) is 22.1 Å². The molecule has 0 amide bonds. The molecule has 0 unspecified atom stereocenters. The lowest BCUT2D eigenvalue weighted by Gasteiger charge is -2.02. The number of benzene rings is 5. The van der Waals surface area contributed by atoms with Crippen LogP contribution in [0.4, 0.5) is 0 Å². The van der Waals surface area contributed by atoms with E-state index in [9.17, 15) is 19.2 Å². The van der Waals surface area contributed by atoms with Crippen LogP contribution in [0.5, 0.6) is 0 Å². The van der Waals surface area contributed by atoms with Gasteiger partial charge in [0.05, 0.1) is 20.2 Å². The van der Waals surface area contributed by atoms with Gasteiger partial charge in [0, 0.05) is 21.5 Å². The second-order valence-electron chi connectivity index (χ2n) is 7.12. The molecule has 0 aliphatic rings. The first-order valence-electron chi connectivity index (χ1n) is 9.03. The summed E-state index contributed by atoms with van der Waals surface area (Å²) in [6.07, 6.45) is 0. The topological polar surface area (TPSA) is 68.3 Å². The molecule has 136 valence electrons. The number of rotatable bonds is 0. The average molecular weight is 394 g/mol. The Labute approximate surface area is 165 Å². The minimum absolute atomic E-state index is 0.0747. The molecule has 6 aromatic rings. The quantitative estimate of drug-likeness (QED) is 0.367. The fraction of sp³-hybridized carbons (Fsp3) is 0. The summed E-state index contributed by atoms with van der Waals surface area (Å²) in [6, 6.07) is 17.5. The summed E-state index contributed by atoms with van der Waals surface area (Å²) in [5, 5.41) is 3.03. The zero-order valence-electron chi connectivity index (χ0n) is 14.8. The third kappa shape index (κ3) is 1.97. The van der Waals surface area contributed by atoms with Gasteiger partial charge in [-0.15, -0.1) is 11.3 Å². The lowest BCUT2D eigenvalue weighted by molar-refractivity contribution is 1.70. The van der Waals surface area contributed by atoms with E-state index >= 15 is 0 Å². The van der Waals surface area contributed by atoms with Gasteiger partial charge in [0.25, 0.3) is 0 Å². The average Bonchev–Trinajstić information content (AvgIpc) is 3.16. The zero-order chi connectivity index (χ0) is 19.9. The Balaban J connectivity index is 1.99. The predicted molar refractivity (Wildman–Crippen MR) is 119 cm³/mol. The summed E-state index contributed by atoms with van der Waals surface area (Å²) in [4.78, 5) is 52.8. The van der Waals surface area contributed by atoms with Crippen molar-refractivity contribution in [2.75, 3.05) is 0 Å². The first-order valence-corrected chi connectivity index (χ1v) is 9.85. The molecular weight excluding hydrogens is 384 g/mol. The molecule has 6 rings (SSSR count). The summed E-state index contributed by atoms with van der Waals surface area (Å²) in [6.45, 7) is 0. The normalized spacial score (nSPS) is 12.0. The Kier molecular flexibility index (Phi) is 3.05. The van der Waals surface area contributed by atoms with E-state index in [1.165, 1.54) is 0 Å². The highest BCUT2D eigenvalue weighted by atomic mass is 32.1. The third-order valence-electron chi connectivity index (χ3n) is 5.57. The maximum atomic E-state index is 13.4. The van der Waals surface area contributed by atoms with Crippen LogP contribution in [0, 0.1) is 0 Å². The van der Waals surface area contributed by atoms with E-state index in [4.69, 9.17) is 0 Å². The third-order valence-corrected chi connectivity index (χ3v) is 6.75. The van der Waals surface area contributed by atoms with Crippen LogP contribution in [0.15, 0.2) is 79.8 Å². The lowest BCUT2D eigenvalue weighted by atomic mass is 9.99. The van der Waals surface area contributed by atoms with E-state index in [1.54, 1.807) is 36.4 Å². The number of hydrogen-bond acceptors (Lipinski definition) is 5. The molecule has 0 spiro atoms. The van der Waals surface area contributed by atoms with E-state index in [0.29, 0.717) is 10.8 Å². The van der Waals surface area contributed by atoms with Crippen LogP contribution in [-0.4, -0.2) is 0 Å². The minimum Gasteiger partial charge on any atom is -0.289 e. The molecule has 0 bridgehead atoms. The Morgan fingerprint density at radius 3 is 1.48 bits per heavy atom. The maximum absolute atomic E-state index is 13.4. The van der Waals surface area contributed by atoms with Crippen molar-refractivity contribution in [1.82, 2.24) is 0 Å². The first kappa shape index (κ1) is 16.3. The van der Waals surface area contributed by atoms with Crippen molar-refractivity contribution in [3.8, 4) is 0 Å². The molecule has 1 heterocycles. The van der Waals surface area contributed by atoms with Crippen LogP contribution >= 0.6 is 11.3 Å². The Morgan fingerprint density at radius 1 is 0.483 bits per heavy atom. The van der Waals surface area contributed by atoms with Gasteiger partial charge in [0.2, 0.25) is 10.9 Å². The van der Waals surface area contributed by atoms with Crippen molar-refractivity contribution >= 4 is 63.8 Å². The second kappa shape index (κ2) is 5.43. The maximum Gasteiger partial charge on any atom is 0.204 e. The van der Waals surface area contributed by atoms with Gasteiger partial charge >= 0.3 is 0 Å². The fourth-order valence-electron chi connectivity index (χ4n) is 4.19. The smallest absolute Gasteiger partial charge is 0.204 e. The molecule has 0 saturated heterocycles. The fourth-order valence-corrected chi connectivity index (χ4v) is 5.40. The van der Waals surface area contributed by atoms with Crippen LogP contribution in [-0.2, 0) is 0 Å². The highest BCUT2D eigenvalue weighted by Gasteiger charge is 2.21. The van der Waals surface area contributed by atoms with E-state index in [1.807, 2.05) is 24.3 Å². The molecule has 5 aromatic carbocycles. The van der Waals surface area contributed by atoms with Gasteiger partial charge in [-0.25, -0.2) is 0 Å². The number of hydrogen-bond donors (Lipinski definition) is 0. The van der Waals surface area contributed by atoms with Gasteiger partial charge in [-0.3, -0.25) is 19.2 Å². The first-order chi connectivity index (χ1) is 14.1. The molecule has 0 fully saturated rings. The van der Waals surface area contributed by atoms with Crippen LogP contribution < -0.4 is 21.7 Å². The SMILES string of the molecule is O=c1c2ccccc2c(=O)c2c1sc1c(=O)c3cc4ccccc4cc3c(=O)c12. The minimum atomic E-state index is -0.377. The van der Waals surface area contributed by atoms with Crippen molar-refractivity contribution in [2.45, 2.75) is 0 Å². The molecule has 0 aliphatic heterocycles. The lowest BCUT2D eigenvalue weighted by Crippen LogP contribution is -2.15. The van der Waals surface area contributed by atoms with Gasteiger partial charge in [-0.05, 0) is 22.9 Å². The van der Waals surface area contributed by atoms with Gasteiger partial charge in [-0.1, -0.05) is 48.5 Å². The van der Waals surface area contributed by atoms with Crippen molar-refractivity contribution in [1.29, 1.82) is 0 Å². The molecule has 5 heteroatoms. The molecule has 29 heavy (non-hydrogen) atoms. The molecule has 0 radical (unpaired) electrons. The molecule has 0 N–H and O–H groups in total. The van der Waals surface area contributed by atoms with Gasteiger partial charge in [0.1, 0.15) is 0 Å². The summed E-state index contributed by atoms with van der Waals surface area (Å²) in [7, 11) is 0. The Hall–Kier alpha value is -3.70. The second-order valence-corrected chi connectivity index (χ2v) is 8.14. The van der Waals surface area contributed by atoms with Crippen LogP contribution in [0.1, 0.15) is 0 Å². The van der Waals surface area contributed by atoms with E-state index in [-0.39, 0.29) is 52.7 Å². The van der Waals surface area contributed by atoms with Crippen LogP contribution in [0.25, 0.3) is 52.5 Å². The Morgan fingerprint density at radius 2 is 0.897 bits per heavy atom. The zero-order valence-corrected chi connectivity index (χ0v) is 15.6. The molecule has 0 saturated carbocycles. The highest BCUT2D eigenvalue weighted by Crippen LogP contribution is 2.29. The van der Waals surface area contributed by atoms with E-state index < -0.39 is 0 Å². The monoisotopic (exact) mass is 394 g/mol. The van der Waals surface area contributed by atoms with Crippen LogP contribution in [0.3, 0.4) is 0 Å². The molecule has 0 aliphatic carbocycles. The standard InChI is InChI=1S/C24H10O4S/c25-19-13-7-3-4-8-14(13)21(27)23-17(19)18-20(26)15-9-11-5-1-2-6-12(11)10-16(15)22(28)24(18)29-23/h1-10H. The Bertz CT molecular complexity index is 1890. The van der Waals surface area contributed by atoms with Crippen molar-refractivity contribution in [3.63, 3.8) is 0 Å². The van der Waals surface area contributed by atoms with Crippen molar-refractivity contribution in [3.05, 3.63) is 102 Å². The van der Waals surface area contributed by atoms with Gasteiger partial charge in [0.15, 0.2) is 10.9 Å². The number of thiophene rings is 1. The summed E-state index contributed by atoms with van der Waals surface area (Å²) in [5.41, 5.74) is -1.38. The van der Waals surface area contributed by atoms with Crippen molar-refractivity contribution < 1.29 is 0 Å². The largest absolute Gasteiger partial charge is 0.289 e. The molecule has 0 atom stereocenters. The summed E-state index contributed by atoms with van der Waals surface area (Å²) < 4.78 is 0.357. The van der Waals surface area contributed by atoms with Crippen molar-refractivity contribution in [2.24, 2.45) is 0 Å². The summed E-state index contributed by atoms with van der Waals surface area (Å²) >= 11 is 0.953. The molecule has 4 nitrogen and oxygen atoms in total.